The molecule has 1 saturated heterocycles. The van der Waals surface area contributed by atoms with Crippen LogP contribution in [0.15, 0.2) is 47.5 Å². The second-order valence-corrected chi connectivity index (χ2v) is 9.67. The Labute approximate surface area is 183 Å². The predicted octanol–water partition coefficient (Wildman–Crippen LogP) is 2.59. The lowest BCUT2D eigenvalue weighted by Gasteiger charge is -2.31. The number of benzene rings is 1. The highest BCUT2D eigenvalue weighted by molar-refractivity contribution is 7.89. The van der Waals surface area contributed by atoms with Crippen LogP contribution in [-0.2, 0) is 21.4 Å². The molecule has 9 heteroatoms. The molecule has 1 N–H and O–H groups in total. The number of amides is 1. The number of piperidine rings is 1. The quantitative estimate of drug-likeness (QED) is 0.668. The SMILES string of the molecule is COc1ccc(S(=O)(=O)N2CCCC(C(=O)NCc3cccnc3OC(C)C)C2)cc1. The maximum Gasteiger partial charge on any atom is 0.243 e. The molecule has 1 aliphatic rings. The van der Waals surface area contributed by atoms with Gasteiger partial charge in [-0.3, -0.25) is 4.79 Å². The molecule has 3 rings (SSSR count). The van der Waals surface area contributed by atoms with Gasteiger partial charge in [-0.15, -0.1) is 0 Å². The van der Waals surface area contributed by atoms with Crippen LogP contribution in [0.3, 0.4) is 0 Å². The zero-order valence-electron chi connectivity index (χ0n) is 18.1. The summed E-state index contributed by atoms with van der Waals surface area (Å²) in [6, 6.07) is 9.93. The molecule has 0 spiro atoms. The average molecular weight is 448 g/mol. The highest BCUT2D eigenvalue weighted by atomic mass is 32.2. The second kappa shape index (κ2) is 10.1. The zero-order chi connectivity index (χ0) is 22.4. The third-order valence-corrected chi connectivity index (χ3v) is 6.98. The van der Waals surface area contributed by atoms with Crippen molar-refractivity contribution in [2.24, 2.45) is 5.92 Å². The van der Waals surface area contributed by atoms with E-state index in [1.807, 2.05) is 19.9 Å². The summed E-state index contributed by atoms with van der Waals surface area (Å²) < 4.78 is 38.2. The van der Waals surface area contributed by atoms with Gasteiger partial charge in [0.2, 0.25) is 21.8 Å². The molecule has 0 aliphatic carbocycles. The van der Waals surface area contributed by atoms with Crippen LogP contribution in [0.2, 0.25) is 0 Å². The van der Waals surface area contributed by atoms with E-state index >= 15 is 0 Å². The van der Waals surface area contributed by atoms with Crippen LogP contribution in [0.25, 0.3) is 0 Å². The Morgan fingerprint density at radius 3 is 2.68 bits per heavy atom. The number of ether oxygens (including phenoxy) is 2. The Balaban J connectivity index is 1.64. The van der Waals surface area contributed by atoms with Crippen LogP contribution in [0, 0.1) is 5.92 Å². The van der Waals surface area contributed by atoms with Gasteiger partial charge in [0.25, 0.3) is 0 Å². The van der Waals surface area contributed by atoms with E-state index in [4.69, 9.17) is 9.47 Å². The molecule has 0 radical (unpaired) electrons. The van der Waals surface area contributed by atoms with E-state index in [1.165, 1.54) is 23.5 Å². The van der Waals surface area contributed by atoms with Gasteiger partial charge in [0, 0.05) is 31.4 Å². The fourth-order valence-corrected chi connectivity index (χ4v) is 5.01. The van der Waals surface area contributed by atoms with Crippen LogP contribution >= 0.6 is 0 Å². The fraction of sp³-hybridized carbons (Fsp3) is 0.455. The van der Waals surface area contributed by atoms with Crippen LogP contribution in [0.1, 0.15) is 32.3 Å². The largest absolute Gasteiger partial charge is 0.497 e. The first-order chi connectivity index (χ1) is 14.8. The van der Waals surface area contributed by atoms with Crippen molar-refractivity contribution in [1.29, 1.82) is 0 Å². The number of carbonyl (C=O) groups excluding carboxylic acids is 1. The molecule has 1 aromatic carbocycles. The van der Waals surface area contributed by atoms with Crippen molar-refractivity contribution in [1.82, 2.24) is 14.6 Å². The van der Waals surface area contributed by atoms with Crippen molar-refractivity contribution in [3.05, 3.63) is 48.2 Å². The minimum atomic E-state index is -3.67. The van der Waals surface area contributed by atoms with Crippen LogP contribution in [0.5, 0.6) is 11.6 Å². The first kappa shape index (κ1) is 23.0. The molecule has 1 amide bonds. The Hall–Kier alpha value is -2.65. The number of hydrogen-bond donors (Lipinski definition) is 1. The van der Waals surface area contributed by atoms with Crippen molar-refractivity contribution in [2.75, 3.05) is 20.2 Å². The molecule has 1 aliphatic heterocycles. The lowest BCUT2D eigenvalue weighted by atomic mass is 9.99. The van der Waals surface area contributed by atoms with Crippen molar-refractivity contribution < 1.29 is 22.7 Å². The lowest BCUT2D eigenvalue weighted by molar-refractivity contribution is -0.126. The van der Waals surface area contributed by atoms with Gasteiger partial charge in [-0.2, -0.15) is 4.31 Å². The number of sulfonamides is 1. The highest BCUT2D eigenvalue weighted by Gasteiger charge is 2.33. The predicted molar refractivity (Wildman–Crippen MR) is 116 cm³/mol. The van der Waals surface area contributed by atoms with Gasteiger partial charge in [0.1, 0.15) is 5.75 Å². The normalized spacial score (nSPS) is 17.4. The molecule has 1 unspecified atom stereocenters. The van der Waals surface area contributed by atoms with E-state index in [1.54, 1.807) is 24.4 Å². The van der Waals surface area contributed by atoms with Crippen LogP contribution in [0.4, 0.5) is 0 Å². The average Bonchev–Trinajstić information content (AvgIpc) is 2.78. The van der Waals surface area contributed by atoms with Gasteiger partial charge < -0.3 is 14.8 Å². The topological polar surface area (TPSA) is 97.8 Å². The van der Waals surface area contributed by atoms with Gasteiger partial charge in [0.05, 0.1) is 24.0 Å². The maximum atomic E-state index is 13.0. The molecule has 8 nitrogen and oxygen atoms in total. The Bertz CT molecular complexity index is 992. The van der Waals surface area contributed by atoms with E-state index in [-0.39, 0.29) is 30.0 Å². The minimum Gasteiger partial charge on any atom is -0.497 e. The van der Waals surface area contributed by atoms with Crippen molar-refractivity contribution in [2.45, 2.75) is 44.2 Å². The number of hydrogen-bond acceptors (Lipinski definition) is 6. The number of methoxy groups -OCH3 is 1. The Kier molecular flexibility index (Phi) is 7.50. The van der Waals surface area contributed by atoms with Gasteiger partial charge in [0.15, 0.2) is 0 Å². The lowest BCUT2D eigenvalue weighted by Crippen LogP contribution is -2.45. The molecule has 2 heterocycles. The number of carbonyl (C=O) groups is 1. The summed E-state index contributed by atoms with van der Waals surface area (Å²) in [4.78, 5) is 17.2. The van der Waals surface area contributed by atoms with Crippen molar-refractivity contribution in [3.63, 3.8) is 0 Å². The molecule has 1 atom stereocenters. The monoisotopic (exact) mass is 447 g/mol. The first-order valence-electron chi connectivity index (χ1n) is 10.3. The van der Waals surface area contributed by atoms with Crippen LogP contribution < -0.4 is 14.8 Å². The first-order valence-corrected chi connectivity index (χ1v) is 11.8. The van der Waals surface area contributed by atoms with Gasteiger partial charge in [-0.25, -0.2) is 13.4 Å². The minimum absolute atomic E-state index is 0.0283. The van der Waals surface area contributed by atoms with E-state index in [0.29, 0.717) is 31.0 Å². The third-order valence-electron chi connectivity index (χ3n) is 5.10. The molecule has 0 bridgehead atoms. The summed E-state index contributed by atoms with van der Waals surface area (Å²) in [5.74, 6) is 0.498. The highest BCUT2D eigenvalue weighted by Crippen LogP contribution is 2.25. The Morgan fingerprint density at radius 2 is 2.00 bits per heavy atom. The molecular formula is C22H29N3O5S. The fourth-order valence-electron chi connectivity index (χ4n) is 3.49. The van der Waals surface area contributed by atoms with Gasteiger partial charge in [-0.1, -0.05) is 6.07 Å². The smallest absolute Gasteiger partial charge is 0.243 e. The third kappa shape index (κ3) is 5.74. The number of nitrogens with zero attached hydrogens (tertiary/aromatic N) is 2. The standard InChI is InChI=1S/C22H29N3O5S/c1-16(2)30-22-17(6-4-12-23-22)14-24-21(26)18-7-5-13-25(15-18)31(27,28)20-10-8-19(29-3)9-11-20/h4,6,8-12,16,18H,5,7,13-15H2,1-3H3,(H,24,26). The summed E-state index contributed by atoms with van der Waals surface area (Å²) >= 11 is 0. The molecular weight excluding hydrogens is 418 g/mol. The van der Waals surface area contributed by atoms with Crippen molar-refractivity contribution >= 4 is 15.9 Å². The summed E-state index contributed by atoms with van der Waals surface area (Å²) in [5.41, 5.74) is 0.781. The van der Waals surface area contributed by atoms with Crippen molar-refractivity contribution in [3.8, 4) is 11.6 Å². The molecule has 1 fully saturated rings. The van der Waals surface area contributed by atoms with Gasteiger partial charge >= 0.3 is 0 Å². The molecule has 0 saturated carbocycles. The number of rotatable bonds is 8. The second-order valence-electron chi connectivity index (χ2n) is 7.73. The molecule has 31 heavy (non-hydrogen) atoms. The zero-order valence-corrected chi connectivity index (χ0v) is 18.9. The van der Waals surface area contributed by atoms with Gasteiger partial charge in [-0.05, 0) is 57.0 Å². The summed E-state index contributed by atoms with van der Waals surface area (Å²) in [6.45, 7) is 4.65. The number of aromatic nitrogens is 1. The van der Waals surface area contributed by atoms with E-state index < -0.39 is 15.9 Å². The summed E-state index contributed by atoms with van der Waals surface area (Å²) in [7, 11) is -2.14. The molecule has 168 valence electrons. The van der Waals surface area contributed by atoms with Crippen LogP contribution in [-0.4, -0.2) is 49.9 Å². The Morgan fingerprint density at radius 1 is 1.26 bits per heavy atom. The summed E-state index contributed by atoms with van der Waals surface area (Å²) in [5, 5.41) is 2.91. The number of pyridine rings is 1. The van der Waals surface area contributed by atoms with E-state index in [0.717, 1.165) is 5.56 Å². The number of nitrogens with one attached hydrogen (secondary N) is 1. The van der Waals surface area contributed by atoms with E-state index in [2.05, 4.69) is 10.3 Å². The molecule has 2 aromatic rings. The van der Waals surface area contributed by atoms with E-state index in [9.17, 15) is 13.2 Å². The maximum absolute atomic E-state index is 13.0. The molecule has 1 aromatic heterocycles. The summed E-state index contributed by atoms with van der Waals surface area (Å²) in [6.07, 6.45) is 2.89.